The van der Waals surface area contributed by atoms with Crippen LogP contribution in [0, 0.1) is 6.92 Å². The van der Waals surface area contributed by atoms with E-state index in [1.807, 2.05) is 42.6 Å². The Morgan fingerprint density at radius 2 is 1.89 bits per heavy atom. The summed E-state index contributed by atoms with van der Waals surface area (Å²) in [5, 5.41) is 4.64. The van der Waals surface area contributed by atoms with E-state index in [-0.39, 0.29) is 12.1 Å². The van der Waals surface area contributed by atoms with Gasteiger partial charge in [-0.2, -0.15) is 0 Å². The summed E-state index contributed by atoms with van der Waals surface area (Å²) in [6.45, 7) is 3.01. The predicted molar refractivity (Wildman–Crippen MR) is 147 cm³/mol. The second-order valence-corrected chi connectivity index (χ2v) is 9.39. The molecule has 8 heteroatoms. The molecule has 0 radical (unpaired) electrons. The average molecular weight is 519 g/mol. The predicted octanol–water partition coefficient (Wildman–Crippen LogP) is 6.04. The van der Waals surface area contributed by atoms with Crippen LogP contribution in [0.15, 0.2) is 85.2 Å². The molecule has 2 aromatic carbocycles. The highest BCUT2D eigenvalue weighted by Gasteiger charge is 2.42. The second kappa shape index (κ2) is 10.7. The molecule has 1 N–H and O–H groups in total. The van der Waals surface area contributed by atoms with Gasteiger partial charge in [0.15, 0.2) is 5.11 Å². The zero-order chi connectivity index (χ0) is 25.1. The van der Waals surface area contributed by atoms with Gasteiger partial charge in [-0.25, -0.2) is 0 Å². The summed E-state index contributed by atoms with van der Waals surface area (Å²) in [5.74, 6) is 0.608. The lowest BCUT2D eigenvalue weighted by molar-refractivity contribution is 0.146. The minimum Gasteiger partial charge on any atom is -0.490 e. The van der Waals surface area contributed by atoms with E-state index in [4.69, 9.17) is 33.3 Å². The van der Waals surface area contributed by atoms with Crippen molar-refractivity contribution in [3.8, 4) is 11.4 Å². The van der Waals surface area contributed by atoms with E-state index in [0.29, 0.717) is 29.1 Å². The number of hydrogen-bond acceptors (Lipinski definition) is 4. The van der Waals surface area contributed by atoms with Crippen LogP contribution in [0.3, 0.4) is 0 Å². The molecule has 3 heterocycles. The van der Waals surface area contributed by atoms with Crippen LogP contribution in [0.4, 0.5) is 5.69 Å². The molecule has 5 rings (SSSR count). The van der Waals surface area contributed by atoms with Gasteiger partial charge in [-0.1, -0.05) is 29.8 Å². The largest absolute Gasteiger partial charge is 0.490 e. The molecule has 6 nitrogen and oxygen atoms in total. The third-order valence-electron chi connectivity index (χ3n) is 6.20. The Kier molecular flexibility index (Phi) is 7.23. The van der Waals surface area contributed by atoms with Crippen molar-refractivity contribution in [2.45, 2.75) is 19.0 Å². The number of halogens is 1. The molecule has 184 valence electrons. The molecule has 0 saturated carbocycles. The number of anilines is 1. The minimum atomic E-state index is -0.167. The van der Waals surface area contributed by atoms with Crippen molar-refractivity contribution >= 4 is 34.6 Å². The standard InChI is InChI=1S/C28H27ClN4O2S/c1-19-7-5-8-20(17-19)32-14-6-10-24(32)27-26(23-9-3-4-13-30-23)31-28(36)33(27)21-11-12-25(22(29)18-21)35-16-15-34-2/h3-14,17-18,26-27H,15-16H2,1-2H3,(H,31,36)/t26-,27-/m1/s1. The molecule has 1 fully saturated rings. The number of hydrogen-bond donors (Lipinski definition) is 1. The number of nitrogens with zero attached hydrogens (tertiary/aromatic N) is 3. The van der Waals surface area contributed by atoms with Gasteiger partial charge < -0.3 is 24.3 Å². The first-order valence-corrected chi connectivity index (χ1v) is 12.5. The third-order valence-corrected chi connectivity index (χ3v) is 6.81. The van der Waals surface area contributed by atoms with E-state index in [2.05, 4.69) is 69.3 Å². The number of benzene rings is 2. The van der Waals surface area contributed by atoms with Gasteiger partial charge in [-0.05, 0) is 79.3 Å². The minimum absolute atomic E-state index is 0.159. The quantitative estimate of drug-likeness (QED) is 0.227. The first-order chi connectivity index (χ1) is 17.6. The van der Waals surface area contributed by atoms with E-state index in [9.17, 15) is 0 Å². The Hall–Kier alpha value is -3.39. The molecule has 1 aliphatic heterocycles. The van der Waals surface area contributed by atoms with Gasteiger partial charge in [0.1, 0.15) is 18.4 Å². The Labute approximate surface area is 221 Å². The van der Waals surface area contributed by atoms with E-state index in [1.165, 1.54) is 5.56 Å². The highest BCUT2D eigenvalue weighted by atomic mass is 35.5. The molecular formula is C28H27ClN4O2S. The number of ether oxygens (including phenoxy) is 2. The number of methoxy groups -OCH3 is 1. The molecule has 2 aromatic heterocycles. The van der Waals surface area contributed by atoms with Crippen molar-refractivity contribution in [2.24, 2.45) is 0 Å². The average Bonchev–Trinajstić information content (AvgIpc) is 3.50. The lowest BCUT2D eigenvalue weighted by Gasteiger charge is -2.29. The molecule has 0 amide bonds. The van der Waals surface area contributed by atoms with Crippen LogP contribution in [0.25, 0.3) is 5.69 Å². The third kappa shape index (κ3) is 4.82. The Morgan fingerprint density at radius 3 is 2.64 bits per heavy atom. The lowest BCUT2D eigenvalue weighted by atomic mass is 10.0. The Morgan fingerprint density at radius 1 is 1.00 bits per heavy atom. The highest BCUT2D eigenvalue weighted by Crippen LogP contribution is 2.43. The van der Waals surface area contributed by atoms with Crippen LogP contribution in [-0.4, -0.2) is 35.0 Å². The topological polar surface area (TPSA) is 51.6 Å². The van der Waals surface area contributed by atoms with Gasteiger partial charge in [-0.15, -0.1) is 0 Å². The van der Waals surface area contributed by atoms with Crippen LogP contribution in [0.5, 0.6) is 5.75 Å². The molecule has 0 spiro atoms. The number of rotatable bonds is 8. The van der Waals surface area contributed by atoms with Crippen molar-refractivity contribution in [1.29, 1.82) is 0 Å². The van der Waals surface area contributed by atoms with E-state index >= 15 is 0 Å². The maximum atomic E-state index is 6.63. The number of pyridine rings is 1. The smallest absolute Gasteiger partial charge is 0.174 e. The van der Waals surface area contributed by atoms with Crippen LogP contribution in [-0.2, 0) is 4.74 Å². The fraction of sp³-hybridized carbons (Fsp3) is 0.214. The molecule has 1 saturated heterocycles. The zero-order valence-electron chi connectivity index (χ0n) is 20.1. The summed E-state index contributed by atoms with van der Waals surface area (Å²) >= 11 is 12.5. The summed E-state index contributed by atoms with van der Waals surface area (Å²) < 4.78 is 13.0. The molecule has 36 heavy (non-hydrogen) atoms. The molecular weight excluding hydrogens is 492 g/mol. The Balaban J connectivity index is 1.59. The lowest BCUT2D eigenvalue weighted by Crippen LogP contribution is -2.30. The van der Waals surface area contributed by atoms with Crippen LogP contribution < -0.4 is 15.0 Å². The highest BCUT2D eigenvalue weighted by molar-refractivity contribution is 7.80. The van der Waals surface area contributed by atoms with Crippen LogP contribution >= 0.6 is 23.8 Å². The van der Waals surface area contributed by atoms with Crippen molar-refractivity contribution < 1.29 is 9.47 Å². The molecule has 0 aliphatic carbocycles. The normalized spacial score (nSPS) is 17.3. The maximum Gasteiger partial charge on any atom is 0.174 e. The molecule has 2 atom stereocenters. The van der Waals surface area contributed by atoms with E-state index in [0.717, 1.165) is 22.8 Å². The summed E-state index contributed by atoms with van der Waals surface area (Å²) in [7, 11) is 1.64. The van der Waals surface area contributed by atoms with Crippen LogP contribution in [0.2, 0.25) is 5.02 Å². The second-order valence-electron chi connectivity index (χ2n) is 8.59. The summed E-state index contributed by atoms with van der Waals surface area (Å²) in [6, 6.07) is 24.0. The first kappa shape index (κ1) is 24.3. The van der Waals surface area contributed by atoms with Crippen molar-refractivity contribution in [1.82, 2.24) is 14.9 Å². The zero-order valence-corrected chi connectivity index (χ0v) is 21.7. The van der Waals surface area contributed by atoms with Gasteiger partial charge in [0.05, 0.1) is 23.4 Å². The number of aromatic nitrogens is 2. The fourth-order valence-electron chi connectivity index (χ4n) is 4.57. The van der Waals surface area contributed by atoms with Crippen LogP contribution in [0.1, 0.15) is 29.0 Å². The van der Waals surface area contributed by atoms with Crippen molar-refractivity contribution in [3.63, 3.8) is 0 Å². The fourth-order valence-corrected chi connectivity index (χ4v) is 5.15. The number of thiocarbonyl (C=S) groups is 1. The van der Waals surface area contributed by atoms with Crippen molar-refractivity contribution in [2.75, 3.05) is 25.2 Å². The Bertz CT molecular complexity index is 1360. The number of aryl methyl sites for hydroxylation is 1. The molecule has 0 unspecified atom stereocenters. The monoisotopic (exact) mass is 518 g/mol. The van der Waals surface area contributed by atoms with Gasteiger partial charge in [-0.3, -0.25) is 4.98 Å². The first-order valence-electron chi connectivity index (χ1n) is 11.7. The maximum absolute atomic E-state index is 6.63. The van der Waals surface area contributed by atoms with Gasteiger partial charge in [0.2, 0.25) is 0 Å². The summed E-state index contributed by atoms with van der Waals surface area (Å²) in [5.41, 5.74) is 5.15. The molecule has 1 aliphatic rings. The van der Waals surface area contributed by atoms with Gasteiger partial charge >= 0.3 is 0 Å². The van der Waals surface area contributed by atoms with E-state index in [1.54, 1.807) is 7.11 Å². The SMILES string of the molecule is COCCOc1ccc(N2C(=S)N[C@H](c3ccccn3)[C@H]2c2cccn2-c2cccc(C)c2)cc1Cl. The molecule has 0 bridgehead atoms. The van der Waals surface area contributed by atoms with E-state index < -0.39 is 0 Å². The van der Waals surface area contributed by atoms with Gasteiger partial charge in [0.25, 0.3) is 0 Å². The number of nitrogens with one attached hydrogen (secondary N) is 1. The van der Waals surface area contributed by atoms with Gasteiger partial charge in [0, 0.05) is 36.6 Å². The summed E-state index contributed by atoms with van der Waals surface area (Å²) in [6.07, 6.45) is 3.89. The van der Waals surface area contributed by atoms with Crippen molar-refractivity contribution in [3.05, 3.63) is 107 Å². The summed E-state index contributed by atoms with van der Waals surface area (Å²) in [4.78, 5) is 6.77. The molecule has 4 aromatic rings.